The van der Waals surface area contributed by atoms with E-state index in [0.717, 1.165) is 0 Å². The molecule has 1 amide bonds. The molecule has 2 N–H and O–H groups in total. The average molecular weight is 345 g/mol. The molecule has 0 atom stereocenters. The van der Waals surface area contributed by atoms with E-state index in [9.17, 15) is 9.59 Å². The standard InChI is InChI=1S/C15H15N5O5/c1-23-9-4-8(5-10(24-2)13(9)25-3)14(22)18-11-6-12(21)19-15-16-7-17-20(11)15/h4-7H,1-3H3,(H,18,22)(H,16,17,19,21). The molecule has 0 aliphatic rings. The van der Waals surface area contributed by atoms with E-state index in [1.54, 1.807) is 0 Å². The molecule has 3 aromatic rings. The molecular formula is C15H15N5O5. The maximum Gasteiger partial charge on any atom is 0.257 e. The maximum absolute atomic E-state index is 12.6. The first-order valence-electron chi connectivity index (χ1n) is 7.11. The molecular weight excluding hydrogens is 330 g/mol. The minimum atomic E-state index is -0.485. The molecule has 3 rings (SSSR count). The van der Waals surface area contributed by atoms with E-state index >= 15 is 0 Å². The monoisotopic (exact) mass is 345 g/mol. The van der Waals surface area contributed by atoms with Crippen LogP contribution in [0.4, 0.5) is 5.82 Å². The lowest BCUT2D eigenvalue weighted by Gasteiger charge is -2.14. The lowest BCUT2D eigenvalue weighted by Crippen LogP contribution is -2.19. The molecule has 0 fully saturated rings. The summed E-state index contributed by atoms with van der Waals surface area (Å²) in [7, 11) is 4.38. The highest BCUT2D eigenvalue weighted by atomic mass is 16.5. The van der Waals surface area contributed by atoms with Crippen LogP contribution in [0.5, 0.6) is 17.2 Å². The highest BCUT2D eigenvalue weighted by Crippen LogP contribution is 2.38. The number of carbonyl (C=O) groups is 1. The maximum atomic E-state index is 12.6. The summed E-state index contributed by atoms with van der Waals surface area (Å²) in [5.41, 5.74) is -0.163. The number of hydrogen-bond acceptors (Lipinski definition) is 7. The SMILES string of the molecule is COc1cc(C(=O)Nc2cc(=O)[nH]c3ncnn23)cc(OC)c1OC. The van der Waals surface area contributed by atoms with Crippen molar-refractivity contribution >= 4 is 17.5 Å². The van der Waals surface area contributed by atoms with Crippen molar-refractivity contribution in [3.8, 4) is 17.2 Å². The van der Waals surface area contributed by atoms with E-state index < -0.39 is 11.5 Å². The van der Waals surface area contributed by atoms with Gasteiger partial charge in [0.05, 0.1) is 21.3 Å². The first-order chi connectivity index (χ1) is 12.1. The van der Waals surface area contributed by atoms with Crippen LogP contribution in [0.25, 0.3) is 5.78 Å². The predicted molar refractivity (Wildman–Crippen MR) is 87.7 cm³/mol. The van der Waals surface area contributed by atoms with Crippen LogP contribution in [0.3, 0.4) is 0 Å². The molecule has 1 aromatic carbocycles. The topological polar surface area (TPSA) is 120 Å². The van der Waals surface area contributed by atoms with Crippen LogP contribution < -0.4 is 25.1 Å². The van der Waals surface area contributed by atoms with Gasteiger partial charge in [-0.15, -0.1) is 0 Å². The molecule has 0 aliphatic heterocycles. The molecule has 10 nitrogen and oxygen atoms in total. The van der Waals surface area contributed by atoms with Gasteiger partial charge in [0.2, 0.25) is 11.5 Å². The fourth-order valence-corrected chi connectivity index (χ4v) is 2.32. The normalized spacial score (nSPS) is 10.5. The summed E-state index contributed by atoms with van der Waals surface area (Å²) in [5.74, 6) is 0.952. The van der Waals surface area contributed by atoms with Crippen LogP contribution in [0.15, 0.2) is 29.3 Å². The van der Waals surface area contributed by atoms with Crippen LogP contribution in [0.2, 0.25) is 0 Å². The van der Waals surface area contributed by atoms with Gasteiger partial charge in [-0.25, -0.2) is 0 Å². The molecule has 0 aliphatic carbocycles. The van der Waals surface area contributed by atoms with Crippen LogP contribution in [0, 0.1) is 0 Å². The summed E-state index contributed by atoms with van der Waals surface area (Å²) in [6, 6.07) is 4.21. The quantitative estimate of drug-likeness (QED) is 0.698. The van der Waals surface area contributed by atoms with E-state index in [-0.39, 0.29) is 17.2 Å². The van der Waals surface area contributed by atoms with Crippen LogP contribution in [0.1, 0.15) is 10.4 Å². The molecule has 2 heterocycles. The van der Waals surface area contributed by atoms with Gasteiger partial charge in [-0.1, -0.05) is 0 Å². The first kappa shape index (κ1) is 16.3. The number of nitrogens with zero attached hydrogens (tertiary/aromatic N) is 3. The molecule has 25 heavy (non-hydrogen) atoms. The minimum absolute atomic E-state index is 0.176. The summed E-state index contributed by atoms with van der Waals surface area (Å²) >= 11 is 0. The third-order valence-electron chi connectivity index (χ3n) is 3.45. The van der Waals surface area contributed by atoms with Crippen molar-refractivity contribution < 1.29 is 19.0 Å². The van der Waals surface area contributed by atoms with Crippen molar-refractivity contribution in [3.63, 3.8) is 0 Å². The molecule has 130 valence electrons. The van der Waals surface area contributed by atoms with Gasteiger partial charge in [-0.05, 0) is 12.1 Å². The lowest BCUT2D eigenvalue weighted by molar-refractivity contribution is 0.102. The summed E-state index contributed by atoms with van der Waals surface area (Å²) in [4.78, 5) is 30.6. The van der Waals surface area contributed by atoms with Crippen molar-refractivity contribution in [2.75, 3.05) is 26.6 Å². The summed E-state index contributed by atoms with van der Waals surface area (Å²) < 4.78 is 17.0. The Hall–Kier alpha value is -3.56. The summed E-state index contributed by atoms with van der Waals surface area (Å²) in [5, 5.41) is 6.57. The Kier molecular flexibility index (Phi) is 4.25. The number of rotatable bonds is 5. The van der Waals surface area contributed by atoms with Gasteiger partial charge in [0.1, 0.15) is 12.1 Å². The Morgan fingerprint density at radius 1 is 1.12 bits per heavy atom. The number of methoxy groups -OCH3 is 3. The summed E-state index contributed by atoms with van der Waals surface area (Å²) in [6.07, 6.45) is 1.26. The fourth-order valence-electron chi connectivity index (χ4n) is 2.32. The van der Waals surface area contributed by atoms with Gasteiger partial charge in [0, 0.05) is 11.6 Å². The second kappa shape index (κ2) is 6.51. The third kappa shape index (κ3) is 2.96. The van der Waals surface area contributed by atoms with Crippen molar-refractivity contribution in [3.05, 3.63) is 40.4 Å². The predicted octanol–water partition coefficient (Wildman–Crippen LogP) is 0.696. The van der Waals surface area contributed by atoms with E-state index in [4.69, 9.17) is 14.2 Å². The Bertz CT molecular complexity index is 968. The molecule has 0 saturated carbocycles. The largest absolute Gasteiger partial charge is 0.493 e. The fraction of sp³-hybridized carbons (Fsp3) is 0.200. The Labute approximate surface area is 141 Å². The number of anilines is 1. The van der Waals surface area contributed by atoms with Crippen molar-refractivity contribution in [2.24, 2.45) is 0 Å². The van der Waals surface area contributed by atoms with Gasteiger partial charge in [0.25, 0.3) is 11.5 Å². The van der Waals surface area contributed by atoms with E-state index in [1.807, 2.05) is 0 Å². The number of hydrogen-bond donors (Lipinski definition) is 2. The Balaban J connectivity index is 2.00. The van der Waals surface area contributed by atoms with Crippen molar-refractivity contribution in [1.29, 1.82) is 0 Å². The van der Waals surface area contributed by atoms with Crippen molar-refractivity contribution in [1.82, 2.24) is 19.6 Å². The first-order valence-corrected chi connectivity index (χ1v) is 7.11. The number of nitrogens with one attached hydrogen (secondary N) is 2. The molecule has 10 heteroatoms. The second-order valence-corrected chi connectivity index (χ2v) is 4.88. The van der Waals surface area contributed by atoms with Gasteiger partial charge >= 0.3 is 0 Å². The van der Waals surface area contributed by atoms with E-state index in [0.29, 0.717) is 17.2 Å². The van der Waals surface area contributed by atoms with E-state index in [1.165, 1.54) is 50.4 Å². The molecule has 0 spiro atoms. The highest BCUT2D eigenvalue weighted by molar-refractivity contribution is 6.04. The van der Waals surface area contributed by atoms with Gasteiger partial charge in [-0.3, -0.25) is 14.6 Å². The zero-order valence-electron chi connectivity index (χ0n) is 13.7. The minimum Gasteiger partial charge on any atom is -0.493 e. The summed E-state index contributed by atoms with van der Waals surface area (Å²) in [6.45, 7) is 0. The van der Waals surface area contributed by atoms with Crippen LogP contribution in [-0.4, -0.2) is 46.8 Å². The smallest absolute Gasteiger partial charge is 0.257 e. The number of aromatic nitrogens is 4. The zero-order valence-corrected chi connectivity index (χ0v) is 13.7. The van der Waals surface area contributed by atoms with Gasteiger partial charge in [0.15, 0.2) is 11.5 Å². The number of ether oxygens (including phenoxy) is 3. The van der Waals surface area contributed by atoms with Crippen LogP contribution in [-0.2, 0) is 0 Å². The van der Waals surface area contributed by atoms with Gasteiger partial charge in [-0.2, -0.15) is 14.6 Å². The molecule has 2 aromatic heterocycles. The molecule has 0 saturated heterocycles. The number of fused-ring (bicyclic) bond motifs is 1. The lowest BCUT2D eigenvalue weighted by atomic mass is 10.1. The number of H-pyrrole nitrogens is 1. The molecule has 0 unspecified atom stereocenters. The highest BCUT2D eigenvalue weighted by Gasteiger charge is 2.18. The second-order valence-electron chi connectivity index (χ2n) is 4.88. The van der Waals surface area contributed by atoms with Crippen molar-refractivity contribution in [2.45, 2.75) is 0 Å². The number of aromatic amines is 1. The Morgan fingerprint density at radius 2 is 1.80 bits per heavy atom. The molecule has 0 radical (unpaired) electrons. The van der Waals surface area contributed by atoms with Gasteiger partial charge < -0.3 is 19.5 Å². The van der Waals surface area contributed by atoms with Crippen LogP contribution >= 0.6 is 0 Å². The number of carbonyl (C=O) groups excluding carboxylic acids is 1. The third-order valence-corrected chi connectivity index (χ3v) is 3.45. The number of benzene rings is 1. The number of amides is 1. The zero-order chi connectivity index (χ0) is 18.0. The average Bonchev–Trinajstić information content (AvgIpc) is 3.08. The molecule has 0 bridgehead atoms. The Morgan fingerprint density at radius 3 is 2.40 bits per heavy atom. The van der Waals surface area contributed by atoms with E-state index in [2.05, 4.69) is 20.4 Å².